The van der Waals surface area contributed by atoms with Crippen molar-refractivity contribution in [2.75, 3.05) is 39.4 Å². The molecule has 2 aliphatic rings. The van der Waals surface area contributed by atoms with Gasteiger partial charge in [-0.2, -0.15) is 4.31 Å². The number of halogens is 2. The Bertz CT molecular complexity index is 673. The maximum absolute atomic E-state index is 13.1. The Morgan fingerprint density at radius 1 is 1.23 bits per heavy atom. The monoisotopic (exact) mass is 424 g/mol. The van der Waals surface area contributed by atoms with Crippen LogP contribution in [0.2, 0.25) is 5.02 Å². The topological polar surface area (TPSA) is 67.9 Å². The van der Waals surface area contributed by atoms with Crippen LogP contribution in [0.5, 0.6) is 5.75 Å². The van der Waals surface area contributed by atoms with E-state index in [9.17, 15) is 8.42 Å². The Morgan fingerprint density at radius 3 is 2.85 bits per heavy atom. The van der Waals surface area contributed by atoms with Crippen molar-refractivity contribution >= 4 is 34.0 Å². The van der Waals surface area contributed by atoms with Gasteiger partial charge >= 0.3 is 0 Å². The lowest BCUT2D eigenvalue weighted by Gasteiger charge is -2.24. The highest BCUT2D eigenvalue weighted by molar-refractivity contribution is 7.89. The Morgan fingerprint density at radius 2 is 2.08 bits per heavy atom. The quantitative estimate of drug-likeness (QED) is 0.786. The molecule has 0 saturated carbocycles. The summed E-state index contributed by atoms with van der Waals surface area (Å²) in [5.74, 6) is 0.343. The zero-order valence-electron chi connectivity index (χ0n) is 14.7. The normalized spacial score (nSPS) is 22.3. The number of nitrogens with one attached hydrogen (secondary N) is 1. The van der Waals surface area contributed by atoms with Crippen molar-refractivity contribution in [3.8, 4) is 5.75 Å². The van der Waals surface area contributed by atoms with Crippen LogP contribution in [-0.4, -0.2) is 58.2 Å². The third kappa shape index (κ3) is 5.47. The van der Waals surface area contributed by atoms with Crippen LogP contribution in [0.15, 0.2) is 23.1 Å². The molecule has 2 aliphatic heterocycles. The molecule has 3 rings (SSSR count). The summed E-state index contributed by atoms with van der Waals surface area (Å²) in [6.07, 6.45) is 3.92. The van der Waals surface area contributed by atoms with Gasteiger partial charge in [0.15, 0.2) is 0 Å². The SMILES string of the molecule is Cl.O=S(=O)(c1cc(Cl)ccc1OCC1CCCCO1)N1CCCNCC1. The number of ether oxygens (including phenoxy) is 2. The third-order valence-corrected chi connectivity index (χ3v) is 6.68. The molecule has 2 heterocycles. The first kappa shape index (κ1) is 21.7. The Balaban J connectivity index is 0.00000243. The van der Waals surface area contributed by atoms with Gasteiger partial charge in [0.05, 0.1) is 6.10 Å². The second kappa shape index (κ2) is 10.1. The van der Waals surface area contributed by atoms with E-state index >= 15 is 0 Å². The maximum atomic E-state index is 13.1. The number of hydrogen-bond donors (Lipinski definition) is 1. The predicted octanol–water partition coefficient (Wildman–Crippen LogP) is 2.69. The van der Waals surface area contributed by atoms with E-state index in [1.807, 2.05) is 0 Å². The number of sulfonamides is 1. The molecule has 1 atom stereocenters. The fraction of sp³-hybridized carbons (Fsp3) is 0.647. The fourth-order valence-corrected chi connectivity index (χ4v) is 5.00. The minimum atomic E-state index is -3.65. The summed E-state index contributed by atoms with van der Waals surface area (Å²) < 4.78 is 39.2. The average molecular weight is 425 g/mol. The first-order valence-corrected chi connectivity index (χ1v) is 10.6. The summed E-state index contributed by atoms with van der Waals surface area (Å²) in [6.45, 7) is 3.50. The van der Waals surface area contributed by atoms with Gasteiger partial charge in [-0.3, -0.25) is 0 Å². The van der Waals surface area contributed by atoms with Crippen molar-refractivity contribution in [3.05, 3.63) is 23.2 Å². The van der Waals surface area contributed by atoms with Crippen molar-refractivity contribution in [3.63, 3.8) is 0 Å². The molecule has 0 amide bonds. The first-order valence-electron chi connectivity index (χ1n) is 8.82. The average Bonchev–Trinajstić information content (AvgIpc) is 2.91. The predicted molar refractivity (Wildman–Crippen MR) is 104 cm³/mol. The molecule has 0 radical (unpaired) electrons. The fourth-order valence-electron chi connectivity index (χ4n) is 3.12. The molecule has 0 aromatic heterocycles. The van der Waals surface area contributed by atoms with E-state index in [0.29, 0.717) is 37.0 Å². The van der Waals surface area contributed by atoms with Gasteiger partial charge in [-0.25, -0.2) is 8.42 Å². The van der Waals surface area contributed by atoms with E-state index in [2.05, 4.69) is 5.32 Å². The second-order valence-corrected chi connectivity index (χ2v) is 8.74. The second-order valence-electron chi connectivity index (χ2n) is 6.40. The van der Waals surface area contributed by atoms with Crippen molar-refractivity contribution in [1.29, 1.82) is 0 Å². The molecule has 2 fully saturated rings. The molecule has 0 spiro atoms. The van der Waals surface area contributed by atoms with Crippen LogP contribution in [0.3, 0.4) is 0 Å². The van der Waals surface area contributed by atoms with Crippen LogP contribution < -0.4 is 10.1 Å². The largest absolute Gasteiger partial charge is 0.489 e. The molecule has 2 saturated heterocycles. The van der Waals surface area contributed by atoms with Crippen LogP contribution in [-0.2, 0) is 14.8 Å². The lowest BCUT2D eigenvalue weighted by Crippen LogP contribution is -2.34. The van der Waals surface area contributed by atoms with E-state index in [4.69, 9.17) is 21.1 Å². The van der Waals surface area contributed by atoms with Gasteiger partial charge in [-0.15, -0.1) is 12.4 Å². The lowest BCUT2D eigenvalue weighted by molar-refractivity contribution is -0.0116. The summed E-state index contributed by atoms with van der Waals surface area (Å²) in [7, 11) is -3.65. The van der Waals surface area contributed by atoms with Gasteiger partial charge in [0.2, 0.25) is 10.0 Å². The van der Waals surface area contributed by atoms with Gasteiger partial charge in [0, 0.05) is 31.3 Å². The highest BCUT2D eigenvalue weighted by Gasteiger charge is 2.29. The molecule has 1 aromatic carbocycles. The van der Waals surface area contributed by atoms with Crippen molar-refractivity contribution < 1.29 is 17.9 Å². The van der Waals surface area contributed by atoms with Gasteiger partial charge in [0.1, 0.15) is 17.3 Å². The van der Waals surface area contributed by atoms with Crippen molar-refractivity contribution in [2.45, 2.75) is 36.7 Å². The van der Waals surface area contributed by atoms with Crippen LogP contribution in [0.25, 0.3) is 0 Å². The first-order chi connectivity index (χ1) is 12.1. The van der Waals surface area contributed by atoms with Crippen molar-refractivity contribution in [1.82, 2.24) is 9.62 Å². The van der Waals surface area contributed by atoms with E-state index < -0.39 is 10.0 Å². The van der Waals surface area contributed by atoms with Gasteiger partial charge in [-0.1, -0.05) is 11.6 Å². The van der Waals surface area contributed by atoms with Gasteiger partial charge in [0.25, 0.3) is 0 Å². The van der Waals surface area contributed by atoms with E-state index in [-0.39, 0.29) is 23.4 Å². The standard InChI is InChI=1S/C17H25ClN2O4S.ClH/c18-14-5-6-16(24-13-15-4-1-2-11-23-15)17(12-14)25(21,22)20-9-3-7-19-8-10-20;/h5-6,12,15,19H,1-4,7-11,13H2;1H. The number of rotatable bonds is 5. The van der Waals surface area contributed by atoms with Crippen molar-refractivity contribution in [2.24, 2.45) is 0 Å². The Labute approximate surface area is 166 Å². The Kier molecular flexibility index (Phi) is 8.44. The number of hydrogen-bond acceptors (Lipinski definition) is 5. The number of benzene rings is 1. The minimum absolute atomic E-state index is 0. The van der Waals surface area contributed by atoms with Crippen LogP contribution in [0.1, 0.15) is 25.7 Å². The molecule has 0 bridgehead atoms. The highest BCUT2D eigenvalue weighted by Crippen LogP contribution is 2.30. The van der Waals surface area contributed by atoms with E-state index in [1.165, 1.54) is 10.4 Å². The summed E-state index contributed by atoms with van der Waals surface area (Å²) in [4.78, 5) is 0.137. The molecule has 26 heavy (non-hydrogen) atoms. The minimum Gasteiger partial charge on any atom is -0.489 e. The van der Waals surface area contributed by atoms with Crippen LogP contribution in [0, 0.1) is 0 Å². The van der Waals surface area contributed by atoms with Gasteiger partial charge < -0.3 is 14.8 Å². The van der Waals surface area contributed by atoms with Crippen LogP contribution in [0.4, 0.5) is 0 Å². The summed E-state index contributed by atoms with van der Waals surface area (Å²) >= 11 is 6.07. The summed E-state index contributed by atoms with van der Waals surface area (Å²) in [5, 5.41) is 3.60. The maximum Gasteiger partial charge on any atom is 0.246 e. The van der Waals surface area contributed by atoms with E-state index in [0.717, 1.165) is 38.8 Å². The molecular formula is C17H26Cl2N2O4S. The zero-order valence-corrected chi connectivity index (χ0v) is 17.0. The molecule has 1 unspecified atom stereocenters. The molecule has 0 aliphatic carbocycles. The Hall–Kier alpha value is -0.570. The lowest BCUT2D eigenvalue weighted by atomic mass is 10.1. The number of nitrogens with zero attached hydrogens (tertiary/aromatic N) is 1. The molecular weight excluding hydrogens is 399 g/mol. The highest BCUT2D eigenvalue weighted by atomic mass is 35.5. The van der Waals surface area contributed by atoms with Gasteiger partial charge in [-0.05, 0) is 50.4 Å². The summed E-state index contributed by atoms with van der Waals surface area (Å²) in [5.41, 5.74) is 0. The third-order valence-electron chi connectivity index (χ3n) is 4.52. The molecule has 148 valence electrons. The van der Waals surface area contributed by atoms with E-state index in [1.54, 1.807) is 12.1 Å². The molecule has 9 heteroatoms. The zero-order chi connectivity index (χ0) is 17.7. The molecule has 1 aromatic rings. The summed E-state index contributed by atoms with van der Waals surface area (Å²) in [6, 6.07) is 4.77. The molecule has 6 nitrogen and oxygen atoms in total. The van der Waals surface area contributed by atoms with Crippen LogP contribution >= 0.6 is 24.0 Å². The smallest absolute Gasteiger partial charge is 0.246 e. The molecule has 1 N–H and O–H groups in total.